The Bertz CT molecular complexity index is 175. The molecule has 2 unspecified atom stereocenters. The van der Waals surface area contributed by atoms with Gasteiger partial charge in [-0.3, -0.25) is 4.90 Å². The van der Waals surface area contributed by atoms with Crippen LogP contribution in [0.25, 0.3) is 0 Å². The molecule has 3 heteroatoms. The van der Waals surface area contributed by atoms with Crippen molar-refractivity contribution in [3.05, 3.63) is 0 Å². The minimum absolute atomic E-state index is 0.724. The lowest BCUT2D eigenvalue weighted by molar-refractivity contribution is 0.121. The number of thioether (sulfide) groups is 1. The molecule has 0 saturated carbocycles. The fourth-order valence-corrected chi connectivity index (χ4v) is 2.92. The molecule has 0 aromatic heterocycles. The van der Waals surface area contributed by atoms with Crippen LogP contribution in [-0.2, 0) is 0 Å². The highest BCUT2D eigenvalue weighted by Gasteiger charge is 2.25. The number of nitrogens with zero attached hydrogens (tertiary/aromatic N) is 1. The second-order valence-electron chi connectivity index (χ2n) is 4.80. The molecule has 0 radical (unpaired) electrons. The highest BCUT2D eigenvalue weighted by molar-refractivity contribution is 7.98. The molecule has 0 bridgehead atoms. The molecule has 1 rings (SSSR count). The Morgan fingerprint density at radius 2 is 2.19 bits per heavy atom. The third-order valence-corrected chi connectivity index (χ3v) is 4.22. The topological polar surface area (TPSA) is 15.3 Å². The van der Waals surface area contributed by atoms with Gasteiger partial charge in [0, 0.05) is 25.2 Å². The summed E-state index contributed by atoms with van der Waals surface area (Å²) in [6.07, 6.45) is 7.47. The first kappa shape index (κ1) is 14.3. The van der Waals surface area contributed by atoms with Gasteiger partial charge in [0.25, 0.3) is 0 Å². The van der Waals surface area contributed by atoms with E-state index < -0.39 is 0 Å². The summed E-state index contributed by atoms with van der Waals surface area (Å²) in [5.74, 6) is 1.31. The Morgan fingerprint density at radius 3 is 2.81 bits per heavy atom. The lowest BCUT2D eigenvalue weighted by Crippen LogP contribution is -2.56. The highest BCUT2D eigenvalue weighted by atomic mass is 32.2. The fourth-order valence-electron chi connectivity index (χ4n) is 2.51. The summed E-state index contributed by atoms with van der Waals surface area (Å²) in [5, 5.41) is 3.68. The van der Waals surface area contributed by atoms with Crippen LogP contribution < -0.4 is 5.32 Å². The van der Waals surface area contributed by atoms with Crippen molar-refractivity contribution in [1.82, 2.24) is 10.2 Å². The Kier molecular flexibility index (Phi) is 7.50. The van der Waals surface area contributed by atoms with Gasteiger partial charge in [0.1, 0.15) is 0 Å². The van der Waals surface area contributed by atoms with Crippen LogP contribution in [0.15, 0.2) is 0 Å². The molecule has 16 heavy (non-hydrogen) atoms. The second-order valence-corrected chi connectivity index (χ2v) is 5.78. The van der Waals surface area contributed by atoms with Crippen LogP contribution in [0.2, 0.25) is 0 Å². The molecular weight excluding hydrogens is 216 g/mol. The van der Waals surface area contributed by atoms with E-state index in [1.54, 1.807) is 0 Å². The van der Waals surface area contributed by atoms with E-state index in [2.05, 4.69) is 30.3 Å². The van der Waals surface area contributed by atoms with Crippen LogP contribution in [0.1, 0.15) is 39.5 Å². The SMILES string of the molecule is CCCC1CNC(CC)CN1CCCSC. The lowest BCUT2D eigenvalue weighted by atomic mass is 10.0. The number of hydrogen-bond acceptors (Lipinski definition) is 3. The van der Waals surface area contributed by atoms with E-state index in [0.717, 1.165) is 12.1 Å². The maximum atomic E-state index is 3.68. The average molecular weight is 244 g/mol. The van der Waals surface area contributed by atoms with Crippen molar-refractivity contribution in [1.29, 1.82) is 0 Å². The van der Waals surface area contributed by atoms with Crippen molar-refractivity contribution in [3.63, 3.8) is 0 Å². The molecule has 0 aliphatic carbocycles. The predicted octanol–water partition coefficient (Wildman–Crippen LogP) is 2.59. The monoisotopic (exact) mass is 244 g/mol. The van der Waals surface area contributed by atoms with E-state index in [1.165, 1.54) is 51.1 Å². The summed E-state index contributed by atoms with van der Waals surface area (Å²) in [6.45, 7) is 8.34. The van der Waals surface area contributed by atoms with E-state index in [-0.39, 0.29) is 0 Å². The van der Waals surface area contributed by atoms with Gasteiger partial charge >= 0.3 is 0 Å². The number of nitrogens with one attached hydrogen (secondary N) is 1. The Labute approximate surface area is 106 Å². The third-order valence-electron chi connectivity index (χ3n) is 3.52. The number of piperazine rings is 1. The minimum Gasteiger partial charge on any atom is -0.311 e. The molecule has 1 fully saturated rings. The number of hydrogen-bond donors (Lipinski definition) is 1. The largest absolute Gasteiger partial charge is 0.311 e. The van der Waals surface area contributed by atoms with Crippen molar-refractivity contribution in [3.8, 4) is 0 Å². The van der Waals surface area contributed by atoms with Crippen LogP contribution >= 0.6 is 11.8 Å². The Hall–Kier alpha value is 0.270. The predicted molar refractivity (Wildman–Crippen MR) is 75.3 cm³/mol. The zero-order valence-electron chi connectivity index (χ0n) is 11.2. The van der Waals surface area contributed by atoms with E-state index in [1.807, 2.05) is 11.8 Å². The molecule has 0 spiro atoms. The van der Waals surface area contributed by atoms with Gasteiger partial charge in [-0.25, -0.2) is 0 Å². The normalized spacial score (nSPS) is 27.2. The van der Waals surface area contributed by atoms with Crippen molar-refractivity contribution in [2.45, 2.75) is 51.6 Å². The molecule has 0 aromatic rings. The second kappa shape index (κ2) is 8.37. The van der Waals surface area contributed by atoms with E-state index in [0.29, 0.717) is 0 Å². The van der Waals surface area contributed by atoms with E-state index >= 15 is 0 Å². The Balaban J connectivity index is 2.37. The fraction of sp³-hybridized carbons (Fsp3) is 1.00. The zero-order valence-corrected chi connectivity index (χ0v) is 12.0. The summed E-state index contributed by atoms with van der Waals surface area (Å²) >= 11 is 1.97. The van der Waals surface area contributed by atoms with Crippen LogP contribution in [0.3, 0.4) is 0 Å². The Morgan fingerprint density at radius 1 is 1.38 bits per heavy atom. The summed E-state index contributed by atoms with van der Waals surface area (Å²) < 4.78 is 0. The molecule has 2 atom stereocenters. The first-order chi connectivity index (χ1) is 7.81. The smallest absolute Gasteiger partial charge is 0.0221 e. The molecule has 96 valence electrons. The number of rotatable bonds is 7. The van der Waals surface area contributed by atoms with Crippen LogP contribution in [0.5, 0.6) is 0 Å². The molecular formula is C13H28N2S. The molecule has 2 nitrogen and oxygen atoms in total. The van der Waals surface area contributed by atoms with Crippen molar-refractivity contribution >= 4 is 11.8 Å². The summed E-state index contributed by atoms with van der Waals surface area (Å²) in [5.41, 5.74) is 0. The van der Waals surface area contributed by atoms with E-state index in [4.69, 9.17) is 0 Å². The van der Waals surface area contributed by atoms with Gasteiger partial charge < -0.3 is 5.32 Å². The van der Waals surface area contributed by atoms with Crippen molar-refractivity contribution in [2.75, 3.05) is 31.6 Å². The summed E-state index contributed by atoms with van der Waals surface area (Å²) in [4.78, 5) is 2.73. The van der Waals surface area contributed by atoms with Crippen molar-refractivity contribution in [2.24, 2.45) is 0 Å². The molecule has 0 aromatic carbocycles. The van der Waals surface area contributed by atoms with E-state index in [9.17, 15) is 0 Å². The van der Waals surface area contributed by atoms with Crippen LogP contribution in [0, 0.1) is 0 Å². The van der Waals surface area contributed by atoms with Gasteiger partial charge in [-0.05, 0) is 37.8 Å². The maximum Gasteiger partial charge on any atom is 0.0221 e. The van der Waals surface area contributed by atoms with Gasteiger partial charge in [-0.15, -0.1) is 0 Å². The zero-order chi connectivity index (χ0) is 11.8. The lowest BCUT2D eigenvalue weighted by Gasteiger charge is -2.40. The van der Waals surface area contributed by atoms with Crippen molar-refractivity contribution < 1.29 is 0 Å². The molecule has 1 N–H and O–H groups in total. The van der Waals surface area contributed by atoms with Crippen LogP contribution in [-0.4, -0.2) is 48.6 Å². The van der Waals surface area contributed by atoms with Gasteiger partial charge in [0.2, 0.25) is 0 Å². The first-order valence-corrected chi connectivity index (χ1v) is 8.17. The molecule has 1 aliphatic rings. The average Bonchev–Trinajstić information content (AvgIpc) is 2.31. The minimum atomic E-state index is 0.724. The van der Waals surface area contributed by atoms with Crippen LogP contribution in [0.4, 0.5) is 0 Å². The summed E-state index contributed by atoms with van der Waals surface area (Å²) in [7, 11) is 0. The first-order valence-electron chi connectivity index (χ1n) is 6.78. The highest BCUT2D eigenvalue weighted by Crippen LogP contribution is 2.14. The molecule has 0 amide bonds. The van der Waals surface area contributed by atoms with Gasteiger partial charge in [0.05, 0.1) is 0 Å². The molecule has 1 saturated heterocycles. The third kappa shape index (κ3) is 4.64. The standard InChI is InChI=1S/C13H28N2S/c1-4-7-13-10-14-12(5-2)11-15(13)8-6-9-16-3/h12-14H,4-11H2,1-3H3. The van der Waals surface area contributed by atoms with Gasteiger partial charge in [-0.2, -0.15) is 11.8 Å². The van der Waals surface area contributed by atoms with Gasteiger partial charge in [-0.1, -0.05) is 20.3 Å². The van der Waals surface area contributed by atoms with Gasteiger partial charge in [0.15, 0.2) is 0 Å². The molecule has 1 heterocycles. The summed E-state index contributed by atoms with van der Waals surface area (Å²) in [6, 6.07) is 1.51. The maximum absolute atomic E-state index is 3.68. The molecule has 1 aliphatic heterocycles. The quantitative estimate of drug-likeness (QED) is 0.693.